The zero-order chi connectivity index (χ0) is 19.9. The molecular weight excluding hydrogens is 382 g/mol. The highest BCUT2D eigenvalue weighted by molar-refractivity contribution is 6.30. The quantitative estimate of drug-likeness (QED) is 0.674. The molecule has 1 fully saturated rings. The number of carbonyl (C=O) groups is 1. The lowest BCUT2D eigenvalue weighted by Crippen LogP contribution is -2.41. The van der Waals surface area contributed by atoms with Crippen molar-refractivity contribution < 1.29 is 18.8 Å². The smallest absolute Gasteiger partial charge is 0.261 e. The van der Waals surface area contributed by atoms with E-state index in [1.54, 1.807) is 26.4 Å². The molecule has 0 spiro atoms. The lowest BCUT2D eigenvalue weighted by Gasteiger charge is -2.32. The van der Waals surface area contributed by atoms with Gasteiger partial charge < -0.3 is 24.2 Å². The lowest BCUT2D eigenvalue weighted by molar-refractivity contribution is 0.0572. The summed E-state index contributed by atoms with van der Waals surface area (Å²) in [6, 6.07) is 7.17. The summed E-state index contributed by atoms with van der Waals surface area (Å²) in [6.45, 7) is 3.04. The predicted octanol–water partition coefficient (Wildman–Crippen LogP) is 3.55. The molecule has 0 radical (unpaired) electrons. The van der Waals surface area contributed by atoms with Gasteiger partial charge in [-0.1, -0.05) is 16.8 Å². The number of rotatable bonds is 8. The van der Waals surface area contributed by atoms with Crippen LogP contribution in [0.5, 0.6) is 0 Å². The SMILES string of the molecule is COCCNc1noc(-c2ccc(Cl)cc2)c1C(=O)N1CCCC(COC)C1. The molecule has 0 aliphatic carbocycles. The van der Waals surface area contributed by atoms with Crippen molar-refractivity contribution in [2.75, 3.05) is 52.4 Å². The van der Waals surface area contributed by atoms with E-state index in [-0.39, 0.29) is 5.91 Å². The number of hydrogen-bond acceptors (Lipinski definition) is 6. The minimum atomic E-state index is -0.0908. The number of carbonyl (C=O) groups excluding carboxylic acids is 1. The average molecular weight is 408 g/mol. The Bertz CT molecular complexity index is 776. The predicted molar refractivity (Wildman–Crippen MR) is 108 cm³/mol. The van der Waals surface area contributed by atoms with Crippen molar-refractivity contribution in [1.82, 2.24) is 10.1 Å². The van der Waals surface area contributed by atoms with Crippen LogP contribution in [0.1, 0.15) is 23.2 Å². The highest BCUT2D eigenvalue weighted by atomic mass is 35.5. The van der Waals surface area contributed by atoms with Crippen LogP contribution in [0.3, 0.4) is 0 Å². The molecular formula is C20H26ClN3O4. The summed E-state index contributed by atoms with van der Waals surface area (Å²) >= 11 is 6.00. The number of nitrogens with zero attached hydrogens (tertiary/aromatic N) is 2. The number of ether oxygens (including phenoxy) is 2. The van der Waals surface area contributed by atoms with Crippen molar-refractivity contribution in [3.05, 3.63) is 34.9 Å². The van der Waals surface area contributed by atoms with E-state index in [0.717, 1.165) is 18.4 Å². The molecule has 3 rings (SSSR count). The van der Waals surface area contributed by atoms with Crippen LogP contribution in [0.15, 0.2) is 28.8 Å². The second-order valence-corrected chi connectivity index (χ2v) is 7.31. The Balaban J connectivity index is 1.90. The van der Waals surface area contributed by atoms with E-state index in [1.807, 2.05) is 17.0 Å². The van der Waals surface area contributed by atoms with Crippen molar-refractivity contribution in [3.8, 4) is 11.3 Å². The topological polar surface area (TPSA) is 76.8 Å². The number of benzene rings is 1. The molecule has 1 saturated heterocycles. The van der Waals surface area contributed by atoms with E-state index in [0.29, 0.717) is 60.9 Å². The van der Waals surface area contributed by atoms with E-state index in [2.05, 4.69) is 10.5 Å². The fourth-order valence-corrected chi connectivity index (χ4v) is 3.58. The van der Waals surface area contributed by atoms with Gasteiger partial charge in [0.15, 0.2) is 11.6 Å². The largest absolute Gasteiger partial charge is 0.384 e. The second-order valence-electron chi connectivity index (χ2n) is 6.88. The summed E-state index contributed by atoms with van der Waals surface area (Å²) in [7, 11) is 3.32. The second kappa shape index (κ2) is 9.91. The number of nitrogens with one attached hydrogen (secondary N) is 1. The maximum absolute atomic E-state index is 13.4. The van der Waals surface area contributed by atoms with E-state index >= 15 is 0 Å². The van der Waals surface area contributed by atoms with Crippen LogP contribution < -0.4 is 5.32 Å². The maximum atomic E-state index is 13.4. The van der Waals surface area contributed by atoms with Gasteiger partial charge in [0.25, 0.3) is 5.91 Å². The van der Waals surface area contributed by atoms with Gasteiger partial charge in [0.2, 0.25) is 0 Å². The normalized spacial score (nSPS) is 17.0. The molecule has 1 aromatic heterocycles. The molecule has 8 heteroatoms. The Morgan fingerprint density at radius 3 is 2.82 bits per heavy atom. The Morgan fingerprint density at radius 2 is 2.11 bits per heavy atom. The average Bonchev–Trinajstić information content (AvgIpc) is 3.12. The van der Waals surface area contributed by atoms with Crippen LogP contribution in [-0.2, 0) is 9.47 Å². The number of likely N-dealkylation sites (tertiary alicyclic amines) is 1. The van der Waals surface area contributed by atoms with Gasteiger partial charge in [0.05, 0.1) is 13.2 Å². The van der Waals surface area contributed by atoms with Crippen molar-refractivity contribution in [1.29, 1.82) is 0 Å². The molecule has 1 aromatic carbocycles. The third kappa shape index (κ3) is 4.84. The van der Waals surface area contributed by atoms with Crippen LogP contribution in [0.25, 0.3) is 11.3 Å². The van der Waals surface area contributed by atoms with Crippen molar-refractivity contribution in [2.24, 2.45) is 5.92 Å². The number of methoxy groups -OCH3 is 2. The van der Waals surface area contributed by atoms with Crippen LogP contribution in [0, 0.1) is 5.92 Å². The van der Waals surface area contributed by atoms with Crippen molar-refractivity contribution >= 4 is 23.3 Å². The highest BCUT2D eigenvalue weighted by Crippen LogP contribution is 2.32. The summed E-state index contributed by atoms with van der Waals surface area (Å²) in [5.74, 6) is 1.12. The molecule has 28 heavy (non-hydrogen) atoms. The van der Waals surface area contributed by atoms with Gasteiger partial charge in [0.1, 0.15) is 5.56 Å². The van der Waals surface area contributed by atoms with Crippen molar-refractivity contribution in [3.63, 3.8) is 0 Å². The molecule has 1 atom stereocenters. The van der Waals surface area contributed by atoms with E-state index in [1.165, 1.54) is 0 Å². The number of piperidine rings is 1. The molecule has 1 aliphatic rings. The lowest BCUT2D eigenvalue weighted by atomic mass is 9.97. The van der Waals surface area contributed by atoms with Crippen LogP contribution in [0.4, 0.5) is 5.82 Å². The number of aromatic nitrogens is 1. The monoisotopic (exact) mass is 407 g/mol. The third-order valence-corrected chi connectivity index (χ3v) is 5.07. The Labute approximate surface area is 169 Å². The molecule has 1 N–H and O–H groups in total. The fourth-order valence-electron chi connectivity index (χ4n) is 3.46. The first kappa shape index (κ1) is 20.6. The maximum Gasteiger partial charge on any atom is 0.261 e. The Kier molecular flexibility index (Phi) is 7.30. The van der Waals surface area contributed by atoms with E-state index in [9.17, 15) is 4.79 Å². The number of halogens is 1. The minimum absolute atomic E-state index is 0.0908. The minimum Gasteiger partial charge on any atom is -0.384 e. The summed E-state index contributed by atoms with van der Waals surface area (Å²) in [5, 5.41) is 7.87. The van der Waals surface area contributed by atoms with E-state index in [4.69, 9.17) is 25.6 Å². The molecule has 0 saturated carbocycles. The number of amides is 1. The molecule has 1 amide bonds. The van der Waals surface area contributed by atoms with Gasteiger partial charge in [-0.25, -0.2) is 0 Å². The molecule has 1 unspecified atom stereocenters. The van der Waals surface area contributed by atoms with Gasteiger partial charge in [-0.15, -0.1) is 0 Å². The molecule has 0 bridgehead atoms. The van der Waals surface area contributed by atoms with E-state index < -0.39 is 0 Å². The fraction of sp³-hybridized carbons (Fsp3) is 0.500. The molecule has 1 aliphatic heterocycles. The van der Waals surface area contributed by atoms with Gasteiger partial charge in [-0.3, -0.25) is 4.79 Å². The summed E-state index contributed by atoms with van der Waals surface area (Å²) in [5.41, 5.74) is 1.20. The van der Waals surface area contributed by atoms with Crippen LogP contribution in [-0.4, -0.2) is 63.0 Å². The van der Waals surface area contributed by atoms with Crippen LogP contribution >= 0.6 is 11.6 Å². The molecule has 152 valence electrons. The van der Waals surface area contributed by atoms with Crippen LogP contribution in [0.2, 0.25) is 5.02 Å². The zero-order valence-corrected chi connectivity index (χ0v) is 17.0. The van der Waals surface area contributed by atoms with Gasteiger partial charge in [0, 0.05) is 44.4 Å². The Hall–Kier alpha value is -2.09. The summed E-state index contributed by atoms with van der Waals surface area (Å²) in [6.07, 6.45) is 2.01. The number of hydrogen-bond donors (Lipinski definition) is 1. The van der Waals surface area contributed by atoms with Gasteiger partial charge in [-0.05, 0) is 43.0 Å². The standard InChI is InChI=1S/C20H26ClN3O4/c1-26-11-9-22-19-17(18(28-23-19)15-5-7-16(21)8-6-15)20(25)24-10-3-4-14(12-24)13-27-2/h5-8,14H,3-4,9-13H2,1-2H3,(H,22,23). The first-order chi connectivity index (χ1) is 13.6. The summed E-state index contributed by atoms with van der Waals surface area (Å²) in [4.78, 5) is 15.3. The summed E-state index contributed by atoms with van der Waals surface area (Å²) < 4.78 is 15.9. The zero-order valence-electron chi connectivity index (χ0n) is 16.2. The first-order valence-corrected chi connectivity index (χ1v) is 9.78. The molecule has 2 heterocycles. The first-order valence-electron chi connectivity index (χ1n) is 9.40. The van der Waals surface area contributed by atoms with Gasteiger partial charge in [-0.2, -0.15) is 0 Å². The molecule has 2 aromatic rings. The Morgan fingerprint density at radius 1 is 1.32 bits per heavy atom. The van der Waals surface area contributed by atoms with Gasteiger partial charge >= 0.3 is 0 Å². The number of anilines is 1. The van der Waals surface area contributed by atoms with Crippen molar-refractivity contribution in [2.45, 2.75) is 12.8 Å². The third-order valence-electron chi connectivity index (χ3n) is 4.82. The highest BCUT2D eigenvalue weighted by Gasteiger charge is 2.31. The molecule has 7 nitrogen and oxygen atoms in total.